The Hall–Kier alpha value is -5.60. The van der Waals surface area contributed by atoms with E-state index >= 15 is 0 Å². The van der Waals surface area contributed by atoms with Gasteiger partial charge in [0.05, 0.1) is 12.1 Å². The third-order valence-electron chi connectivity index (χ3n) is 8.71. The van der Waals surface area contributed by atoms with Crippen LogP contribution in [0.3, 0.4) is 0 Å². The average molecular weight is 650 g/mol. The first-order chi connectivity index (χ1) is 24.2. The number of hydrogen-bond donors (Lipinski definition) is 2. The van der Waals surface area contributed by atoms with E-state index in [1.807, 2.05) is 59.3 Å². The number of rotatable bonds is 17. The van der Waals surface area contributed by atoms with Crippen LogP contribution in [0, 0.1) is 0 Å². The summed E-state index contributed by atoms with van der Waals surface area (Å²) in [6.45, 7) is 3.18. The van der Waals surface area contributed by atoms with Crippen LogP contribution < -0.4 is 15.5 Å². The minimum atomic E-state index is -0.543. The van der Waals surface area contributed by atoms with Gasteiger partial charge in [-0.15, -0.1) is 0 Å². The zero-order chi connectivity index (χ0) is 33.6. The summed E-state index contributed by atoms with van der Waals surface area (Å²) in [5.41, 5.74) is 5.24. The molecule has 0 atom stereocenters. The maximum atomic E-state index is 13.0. The predicted molar refractivity (Wildman–Crippen MR) is 195 cm³/mol. The standard InChI is InChI=1S/C41H43N7O/c49-39(28-16-30-43-41(36-22-10-3-11-23-36,37-24-12-4-13-25-37)38-26-14-5-15-27-38)42-29-17-31-47(32-34-18-6-1-7-19-34)40-44-45-46-48(40)33-35-20-8-2-9-21-35/h1-15,18-27,43H,16-17,28-33H2,(H,42,49). The summed E-state index contributed by atoms with van der Waals surface area (Å²) >= 11 is 0. The van der Waals surface area contributed by atoms with Gasteiger partial charge in [-0.25, -0.2) is 4.68 Å². The van der Waals surface area contributed by atoms with E-state index in [1.54, 1.807) is 0 Å². The van der Waals surface area contributed by atoms with Crippen LogP contribution >= 0.6 is 0 Å². The lowest BCUT2D eigenvalue weighted by Gasteiger charge is -2.37. The number of nitrogens with one attached hydrogen (secondary N) is 2. The summed E-state index contributed by atoms with van der Waals surface area (Å²) in [4.78, 5) is 15.2. The third kappa shape index (κ3) is 8.66. The highest BCUT2D eigenvalue weighted by Gasteiger charge is 2.35. The van der Waals surface area contributed by atoms with Crippen LogP contribution in [0.15, 0.2) is 152 Å². The van der Waals surface area contributed by atoms with Crippen molar-refractivity contribution in [3.05, 3.63) is 179 Å². The van der Waals surface area contributed by atoms with Crippen molar-refractivity contribution in [1.82, 2.24) is 30.8 Å². The van der Waals surface area contributed by atoms with Crippen molar-refractivity contribution in [2.45, 2.75) is 37.9 Å². The predicted octanol–water partition coefficient (Wildman–Crippen LogP) is 6.60. The molecule has 248 valence electrons. The second-order valence-corrected chi connectivity index (χ2v) is 12.1. The lowest BCUT2D eigenvalue weighted by molar-refractivity contribution is -0.121. The van der Waals surface area contributed by atoms with E-state index in [1.165, 1.54) is 5.56 Å². The van der Waals surface area contributed by atoms with Gasteiger partial charge in [0.1, 0.15) is 0 Å². The fraction of sp³-hybridized carbons (Fsp3) is 0.220. The first-order valence-corrected chi connectivity index (χ1v) is 17.0. The molecule has 0 spiro atoms. The summed E-state index contributed by atoms with van der Waals surface area (Å²) in [6, 6.07) is 52.1. The molecule has 0 unspecified atom stereocenters. The van der Waals surface area contributed by atoms with Crippen LogP contribution in [-0.4, -0.2) is 45.7 Å². The van der Waals surface area contributed by atoms with E-state index in [4.69, 9.17) is 0 Å². The number of tetrazole rings is 1. The number of carbonyl (C=O) groups is 1. The highest BCUT2D eigenvalue weighted by molar-refractivity contribution is 5.75. The molecule has 49 heavy (non-hydrogen) atoms. The highest BCUT2D eigenvalue weighted by Crippen LogP contribution is 2.36. The lowest BCUT2D eigenvalue weighted by Crippen LogP contribution is -2.45. The van der Waals surface area contributed by atoms with Crippen LogP contribution in [-0.2, 0) is 23.4 Å². The molecule has 0 aliphatic carbocycles. The molecule has 1 aromatic heterocycles. The van der Waals surface area contributed by atoms with Crippen LogP contribution in [0.2, 0.25) is 0 Å². The molecule has 2 N–H and O–H groups in total. The van der Waals surface area contributed by atoms with Gasteiger partial charge >= 0.3 is 0 Å². The van der Waals surface area contributed by atoms with Gasteiger partial charge in [-0.1, -0.05) is 157 Å². The van der Waals surface area contributed by atoms with Crippen LogP contribution in [0.5, 0.6) is 0 Å². The van der Waals surface area contributed by atoms with Gasteiger partial charge in [0.2, 0.25) is 11.9 Å². The Morgan fingerprint density at radius 1 is 0.633 bits per heavy atom. The van der Waals surface area contributed by atoms with Gasteiger partial charge in [-0.05, 0) is 57.6 Å². The number of nitrogens with zero attached hydrogens (tertiary/aromatic N) is 5. The Morgan fingerprint density at radius 3 is 1.69 bits per heavy atom. The fourth-order valence-electron chi connectivity index (χ4n) is 6.32. The Labute approximate surface area is 288 Å². The smallest absolute Gasteiger partial charge is 0.246 e. The molecule has 1 amide bonds. The Morgan fingerprint density at radius 2 is 1.14 bits per heavy atom. The molecule has 8 heteroatoms. The number of benzene rings is 5. The molecule has 1 heterocycles. The normalized spacial score (nSPS) is 11.3. The summed E-state index contributed by atoms with van der Waals surface area (Å²) < 4.78 is 1.84. The topological polar surface area (TPSA) is 88.0 Å². The van der Waals surface area contributed by atoms with Crippen molar-refractivity contribution < 1.29 is 4.79 Å². The summed E-state index contributed by atoms with van der Waals surface area (Å²) in [5.74, 6) is 0.763. The molecule has 0 saturated heterocycles. The van der Waals surface area contributed by atoms with Gasteiger partial charge in [-0.2, -0.15) is 0 Å². The Bertz CT molecular complexity index is 1740. The number of aromatic nitrogens is 4. The number of amides is 1. The van der Waals surface area contributed by atoms with Crippen LogP contribution in [0.1, 0.15) is 47.1 Å². The van der Waals surface area contributed by atoms with Crippen molar-refractivity contribution in [1.29, 1.82) is 0 Å². The van der Waals surface area contributed by atoms with E-state index in [2.05, 4.69) is 128 Å². The fourth-order valence-corrected chi connectivity index (χ4v) is 6.32. The molecular formula is C41H43N7O. The van der Waals surface area contributed by atoms with Gasteiger partial charge < -0.3 is 10.2 Å². The van der Waals surface area contributed by atoms with Crippen molar-refractivity contribution in [2.75, 3.05) is 24.5 Å². The third-order valence-corrected chi connectivity index (χ3v) is 8.71. The van der Waals surface area contributed by atoms with Gasteiger partial charge in [0.25, 0.3) is 0 Å². The molecule has 6 aromatic rings. The molecule has 6 rings (SSSR count). The Kier molecular flexibility index (Phi) is 11.5. The van der Waals surface area contributed by atoms with E-state index in [0.717, 1.165) is 28.7 Å². The first-order valence-electron chi connectivity index (χ1n) is 17.0. The van der Waals surface area contributed by atoms with Crippen molar-refractivity contribution in [3.8, 4) is 0 Å². The molecule has 5 aromatic carbocycles. The van der Waals surface area contributed by atoms with Crippen molar-refractivity contribution in [2.24, 2.45) is 0 Å². The lowest BCUT2D eigenvalue weighted by atomic mass is 9.77. The van der Waals surface area contributed by atoms with E-state index < -0.39 is 5.54 Å². The first kappa shape index (κ1) is 33.3. The molecular weight excluding hydrogens is 606 g/mol. The van der Waals surface area contributed by atoms with E-state index in [-0.39, 0.29) is 5.91 Å². The van der Waals surface area contributed by atoms with Gasteiger partial charge in [0, 0.05) is 26.1 Å². The summed E-state index contributed by atoms with van der Waals surface area (Å²) in [5, 5.41) is 19.7. The molecule has 0 aliphatic rings. The van der Waals surface area contributed by atoms with E-state index in [0.29, 0.717) is 51.5 Å². The number of anilines is 1. The maximum absolute atomic E-state index is 13.0. The van der Waals surface area contributed by atoms with Crippen LogP contribution in [0.4, 0.5) is 5.95 Å². The van der Waals surface area contributed by atoms with Gasteiger partial charge in [0.15, 0.2) is 0 Å². The molecule has 0 aliphatic heterocycles. The maximum Gasteiger partial charge on any atom is 0.246 e. The number of hydrogen-bond acceptors (Lipinski definition) is 6. The minimum Gasteiger partial charge on any atom is -0.356 e. The van der Waals surface area contributed by atoms with Crippen molar-refractivity contribution in [3.63, 3.8) is 0 Å². The monoisotopic (exact) mass is 649 g/mol. The quantitative estimate of drug-likeness (QED) is 0.0856. The molecule has 0 bridgehead atoms. The van der Waals surface area contributed by atoms with Crippen molar-refractivity contribution >= 4 is 11.9 Å². The molecule has 0 saturated carbocycles. The highest BCUT2D eigenvalue weighted by atomic mass is 16.1. The Balaban J connectivity index is 1.05. The SMILES string of the molecule is O=C(CCCNC(c1ccccc1)(c1ccccc1)c1ccccc1)NCCCN(Cc1ccccc1)c1nnnn1Cc1ccccc1. The van der Waals surface area contributed by atoms with Crippen LogP contribution in [0.25, 0.3) is 0 Å². The second-order valence-electron chi connectivity index (χ2n) is 12.1. The zero-order valence-corrected chi connectivity index (χ0v) is 27.7. The zero-order valence-electron chi connectivity index (χ0n) is 27.7. The molecule has 0 radical (unpaired) electrons. The molecule has 0 fully saturated rings. The minimum absolute atomic E-state index is 0.0510. The second kappa shape index (κ2) is 17.0. The summed E-state index contributed by atoms with van der Waals surface area (Å²) in [6.07, 6.45) is 1.90. The summed E-state index contributed by atoms with van der Waals surface area (Å²) in [7, 11) is 0. The largest absolute Gasteiger partial charge is 0.356 e. The van der Waals surface area contributed by atoms with Gasteiger partial charge in [-0.3, -0.25) is 10.1 Å². The average Bonchev–Trinajstić information content (AvgIpc) is 3.63. The van der Waals surface area contributed by atoms with E-state index in [9.17, 15) is 4.79 Å². The molecule has 8 nitrogen and oxygen atoms in total. The number of carbonyl (C=O) groups excluding carboxylic acids is 1.